The zero-order chi connectivity index (χ0) is 15.6. The predicted octanol–water partition coefficient (Wildman–Crippen LogP) is 2.86. The molecule has 0 radical (unpaired) electrons. The van der Waals surface area contributed by atoms with Crippen LogP contribution in [0.25, 0.3) is 0 Å². The number of aromatic hydroxyl groups is 1. The Hall–Kier alpha value is -2.08. The Morgan fingerprint density at radius 2 is 2.14 bits per heavy atom. The summed E-state index contributed by atoms with van der Waals surface area (Å²) < 4.78 is 5.13. The van der Waals surface area contributed by atoms with Crippen molar-refractivity contribution in [2.75, 3.05) is 0 Å². The van der Waals surface area contributed by atoms with Crippen molar-refractivity contribution < 1.29 is 14.4 Å². The largest absolute Gasteiger partial charge is 0.506 e. The average Bonchev–Trinajstić information content (AvgIpc) is 2.84. The number of hydrogen-bond acceptors (Lipinski definition) is 5. The van der Waals surface area contributed by atoms with Gasteiger partial charge in [0.2, 0.25) is 5.89 Å². The molecule has 0 unspecified atom stereocenters. The summed E-state index contributed by atoms with van der Waals surface area (Å²) >= 11 is 5.81. The lowest BCUT2D eigenvalue weighted by atomic mass is 10.0. The van der Waals surface area contributed by atoms with Crippen molar-refractivity contribution in [2.45, 2.75) is 26.8 Å². The van der Waals surface area contributed by atoms with Crippen molar-refractivity contribution in [3.05, 3.63) is 40.5 Å². The fourth-order valence-electron chi connectivity index (χ4n) is 1.83. The highest BCUT2D eigenvalue weighted by Gasteiger charge is 2.24. The van der Waals surface area contributed by atoms with E-state index in [0.29, 0.717) is 17.3 Å². The van der Waals surface area contributed by atoms with Gasteiger partial charge in [-0.05, 0) is 31.0 Å². The summed E-state index contributed by atoms with van der Waals surface area (Å²) in [6, 6.07) is 3.88. The van der Waals surface area contributed by atoms with Gasteiger partial charge < -0.3 is 14.9 Å². The van der Waals surface area contributed by atoms with Crippen molar-refractivity contribution in [2.24, 2.45) is 5.92 Å². The SMILES string of the molecule is Cc1noc([C@H](NC(=O)c2ccc(O)c(Cl)c2)C(C)C)n1. The summed E-state index contributed by atoms with van der Waals surface area (Å²) in [4.78, 5) is 16.4. The molecule has 0 spiro atoms. The van der Waals surface area contributed by atoms with Crippen molar-refractivity contribution in [1.82, 2.24) is 15.5 Å². The lowest BCUT2D eigenvalue weighted by molar-refractivity contribution is 0.0914. The number of amides is 1. The Morgan fingerprint density at radius 3 is 2.67 bits per heavy atom. The van der Waals surface area contributed by atoms with Crippen LogP contribution >= 0.6 is 11.6 Å². The highest BCUT2D eigenvalue weighted by atomic mass is 35.5. The monoisotopic (exact) mass is 309 g/mol. The van der Waals surface area contributed by atoms with E-state index in [4.69, 9.17) is 16.1 Å². The smallest absolute Gasteiger partial charge is 0.251 e. The number of nitrogens with one attached hydrogen (secondary N) is 1. The molecule has 7 heteroatoms. The molecule has 0 saturated heterocycles. The molecule has 0 aliphatic rings. The minimum absolute atomic E-state index is 0.0684. The quantitative estimate of drug-likeness (QED) is 0.906. The molecule has 1 aromatic carbocycles. The van der Waals surface area contributed by atoms with Gasteiger partial charge in [-0.15, -0.1) is 0 Å². The van der Waals surface area contributed by atoms with E-state index >= 15 is 0 Å². The highest BCUT2D eigenvalue weighted by Crippen LogP contribution is 2.25. The molecule has 1 amide bonds. The molecular weight excluding hydrogens is 294 g/mol. The first-order valence-corrected chi connectivity index (χ1v) is 6.86. The number of aryl methyl sites for hydroxylation is 1. The van der Waals surface area contributed by atoms with Gasteiger partial charge in [0.25, 0.3) is 5.91 Å². The maximum absolute atomic E-state index is 12.3. The molecule has 0 aliphatic carbocycles. The fourth-order valence-corrected chi connectivity index (χ4v) is 2.01. The van der Waals surface area contributed by atoms with Crippen LogP contribution in [0.5, 0.6) is 5.75 Å². The van der Waals surface area contributed by atoms with Gasteiger partial charge in [0, 0.05) is 5.56 Å². The van der Waals surface area contributed by atoms with Crippen LogP contribution in [0, 0.1) is 12.8 Å². The summed E-state index contributed by atoms with van der Waals surface area (Å²) in [7, 11) is 0. The number of carbonyl (C=O) groups is 1. The van der Waals surface area contributed by atoms with E-state index in [0.717, 1.165) is 0 Å². The molecule has 0 aliphatic heterocycles. The van der Waals surface area contributed by atoms with Crippen LogP contribution in [0.4, 0.5) is 0 Å². The standard InChI is InChI=1S/C14H16ClN3O3/c1-7(2)12(14-16-8(3)18-21-14)17-13(20)9-4-5-11(19)10(15)6-9/h4-7,12,19H,1-3H3,(H,17,20)/t12-/m1/s1. The number of hydrogen-bond donors (Lipinski definition) is 2. The van der Waals surface area contributed by atoms with E-state index in [9.17, 15) is 9.90 Å². The lowest BCUT2D eigenvalue weighted by Gasteiger charge is -2.18. The van der Waals surface area contributed by atoms with Crippen LogP contribution in [-0.4, -0.2) is 21.2 Å². The number of carbonyl (C=O) groups excluding carboxylic acids is 1. The Kier molecular flexibility index (Phi) is 4.47. The molecule has 1 atom stereocenters. The zero-order valence-electron chi connectivity index (χ0n) is 11.9. The Balaban J connectivity index is 2.20. The number of phenols is 1. The van der Waals surface area contributed by atoms with Gasteiger partial charge in [-0.25, -0.2) is 0 Å². The number of halogens is 1. The Morgan fingerprint density at radius 1 is 1.43 bits per heavy atom. The maximum atomic E-state index is 12.3. The first-order chi connectivity index (χ1) is 9.88. The van der Waals surface area contributed by atoms with E-state index in [1.54, 1.807) is 6.92 Å². The Labute approximate surface area is 127 Å². The van der Waals surface area contributed by atoms with Crippen LogP contribution in [0.15, 0.2) is 22.7 Å². The fraction of sp³-hybridized carbons (Fsp3) is 0.357. The summed E-state index contributed by atoms with van der Waals surface area (Å²) in [5.41, 5.74) is 0.347. The third kappa shape index (κ3) is 3.52. The number of nitrogens with zero attached hydrogens (tertiary/aromatic N) is 2. The molecule has 6 nitrogen and oxygen atoms in total. The molecule has 1 heterocycles. The second-order valence-electron chi connectivity index (χ2n) is 5.04. The molecule has 112 valence electrons. The maximum Gasteiger partial charge on any atom is 0.251 e. The minimum atomic E-state index is -0.397. The van der Waals surface area contributed by atoms with Crippen LogP contribution in [0.3, 0.4) is 0 Å². The topological polar surface area (TPSA) is 88.2 Å². The van der Waals surface area contributed by atoms with Crippen LogP contribution in [-0.2, 0) is 0 Å². The zero-order valence-corrected chi connectivity index (χ0v) is 12.7. The normalized spacial score (nSPS) is 12.4. The molecule has 1 aromatic heterocycles. The van der Waals surface area contributed by atoms with Crippen molar-refractivity contribution in [3.8, 4) is 5.75 Å². The predicted molar refractivity (Wildman–Crippen MR) is 77.2 cm³/mol. The van der Waals surface area contributed by atoms with Gasteiger partial charge in [0.1, 0.15) is 11.8 Å². The number of phenolic OH excluding ortho intramolecular Hbond substituents is 1. The average molecular weight is 310 g/mol. The molecule has 2 rings (SSSR count). The van der Waals surface area contributed by atoms with Crippen molar-refractivity contribution in [3.63, 3.8) is 0 Å². The van der Waals surface area contributed by atoms with E-state index in [1.807, 2.05) is 13.8 Å². The summed E-state index contributed by atoms with van der Waals surface area (Å²) in [5, 5.41) is 16.1. The van der Waals surface area contributed by atoms with Gasteiger partial charge in [0.05, 0.1) is 5.02 Å². The van der Waals surface area contributed by atoms with Gasteiger partial charge >= 0.3 is 0 Å². The third-order valence-electron chi connectivity index (χ3n) is 2.97. The molecule has 2 aromatic rings. The second kappa shape index (κ2) is 6.13. The van der Waals surface area contributed by atoms with E-state index < -0.39 is 6.04 Å². The van der Waals surface area contributed by atoms with Crippen LogP contribution in [0.2, 0.25) is 5.02 Å². The van der Waals surface area contributed by atoms with E-state index in [1.165, 1.54) is 18.2 Å². The number of benzene rings is 1. The van der Waals surface area contributed by atoms with Crippen molar-refractivity contribution >= 4 is 17.5 Å². The molecule has 0 saturated carbocycles. The Bertz CT molecular complexity index is 655. The summed E-state index contributed by atoms with van der Waals surface area (Å²) in [6.45, 7) is 5.59. The molecule has 0 fully saturated rings. The first-order valence-electron chi connectivity index (χ1n) is 6.48. The van der Waals surface area contributed by atoms with Gasteiger partial charge in [-0.1, -0.05) is 30.6 Å². The van der Waals surface area contributed by atoms with Gasteiger partial charge in [-0.3, -0.25) is 4.79 Å². The van der Waals surface area contributed by atoms with Crippen LogP contribution in [0.1, 0.15) is 42.0 Å². The van der Waals surface area contributed by atoms with Crippen LogP contribution < -0.4 is 5.32 Å². The molecule has 2 N–H and O–H groups in total. The second-order valence-corrected chi connectivity index (χ2v) is 5.45. The lowest BCUT2D eigenvalue weighted by Crippen LogP contribution is -2.32. The molecular formula is C14H16ClN3O3. The minimum Gasteiger partial charge on any atom is -0.506 e. The van der Waals surface area contributed by atoms with Gasteiger partial charge in [0.15, 0.2) is 5.82 Å². The van der Waals surface area contributed by atoms with Gasteiger partial charge in [-0.2, -0.15) is 4.98 Å². The number of rotatable bonds is 4. The summed E-state index contributed by atoms with van der Waals surface area (Å²) in [5.74, 6) is 0.548. The highest BCUT2D eigenvalue weighted by molar-refractivity contribution is 6.32. The number of aromatic nitrogens is 2. The van der Waals surface area contributed by atoms with E-state index in [-0.39, 0.29) is 22.6 Å². The molecule has 0 bridgehead atoms. The first kappa shape index (κ1) is 15.3. The summed E-state index contributed by atoms with van der Waals surface area (Å²) in [6.07, 6.45) is 0. The molecule has 21 heavy (non-hydrogen) atoms. The third-order valence-corrected chi connectivity index (χ3v) is 3.28. The van der Waals surface area contributed by atoms with Crippen molar-refractivity contribution in [1.29, 1.82) is 0 Å². The van der Waals surface area contributed by atoms with E-state index in [2.05, 4.69) is 15.5 Å².